The number of aliphatic hydroxyl groups is 2. The van der Waals surface area contributed by atoms with E-state index in [1.54, 1.807) is 4.90 Å². The van der Waals surface area contributed by atoms with Crippen LogP contribution in [0.15, 0.2) is 0 Å². The first kappa shape index (κ1) is 48.3. The largest absolute Gasteiger partial charge is 3.00 e. The van der Waals surface area contributed by atoms with Crippen LogP contribution >= 0.6 is 0 Å². The molecule has 0 saturated heterocycles. The van der Waals surface area contributed by atoms with E-state index in [2.05, 4.69) is 26.1 Å². The van der Waals surface area contributed by atoms with Crippen LogP contribution < -0.4 is 5.32 Å². The quantitative estimate of drug-likeness (QED) is 0.0792. The summed E-state index contributed by atoms with van der Waals surface area (Å²) in [6.07, 6.45) is 4.52. The molecule has 8 N–H and O–H groups in total. The number of nitrogens with zero attached hydrogens (tertiary/aromatic N) is 3. The summed E-state index contributed by atoms with van der Waals surface area (Å²) in [7, 11) is 0. The molecule has 0 spiro atoms. The zero-order valence-corrected chi connectivity index (χ0v) is 35.0. The molecule has 4 aliphatic carbocycles. The van der Waals surface area contributed by atoms with Gasteiger partial charge in [-0.3, -0.25) is 43.5 Å². The van der Waals surface area contributed by atoms with Gasteiger partial charge in [0.05, 0.1) is 44.9 Å². The third kappa shape index (κ3) is 12.0. The molecule has 0 aromatic rings. The standard InChI is InChI=1S/C38H62N4O13.Gd/c1-22(4-7-31(46)47)25-5-6-26-36-27(16-29(44)38(25,26)3)37(2)9-8-24(14-23(37)15-28(36)43)39-30(45)17-40(10-12-41(18-32(48)49)19-33(50)51)11-13-42(20-34(52)53)21-35(54)55;/h22-29,36,43-44H,4-21H2,1-3H3,(H,39,45)(H,46,47)(H,48,49)(H,50,51)(H,52,53)(H,54,55);/q;+3/t22?,23?,24-,25+,26?,27?,28+,29-,36?,37-,38+;/m0./s1. The third-order valence-corrected chi connectivity index (χ3v) is 14.0. The topological polar surface area (TPSA) is 266 Å². The molecule has 0 aliphatic heterocycles. The zero-order valence-electron chi connectivity index (χ0n) is 32.7. The fourth-order valence-electron chi connectivity index (χ4n) is 11.3. The first-order valence-corrected chi connectivity index (χ1v) is 19.7. The molecule has 0 bridgehead atoms. The van der Waals surface area contributed by atoms with Crippen molar-refractivity contribution in [1.29, 1.82) is 0 Å². The number of aliphatic hydroxyl groups excluding tert-OH is 2. The minimum Gasteiger partial charge on any atom is -0.481 e. The van der Waals surface area contributed by atoms with Crippen LogP contribution in [0, 0.1) is 86.3 Å². The van der Waals surface area contributed by atoms with Gasteiger partial charge in [0.1, 0.15) is 0 Å². The monoisotopic (exact) mass is 940 g/mol. The van der Waals surface area contributed by atoms with Gasteiger partial charge in [-0.1, -0.05) is 20.8 Å². The number of carboxylic acids is 5. The predicted octanol–water partition coefficient (Wildman–Crippen LogP) is 0.817. The van der Waals surface area contributed by atoms with Crippen LogP contribution in [0.4, 0.5) is 0 Å². The maximum Gasteiger partial charge on any atom is 3.00 e. The van der Waals surface area contributed by atoms with Crippen molar-refractivity contribution in [3.05, 3.63) is 0 Å². The maximum absolute atomic E-state index is 13.6. The fraction of sp³-hybridized carbons (Fsp3) is 0.842. The van der Waals surface area contributed by atoms with E-state index >= 15 is 0 Å². The summed E-state index contributed by atoms with van der Waals surface area (Å²) in [5.41, 5.74) is -0.571. The first-order valence-electron chi connectivity index (χ1n) is 19.7. The summed E-state index contributed by atoms with van der Waals surface area (Å²) in [4.78, 5) is 74.3. The van der Waals surface area contributed by atoms with Gasteiger partial charge in [-0.25, -0.2) is 0 Å². The van der Waals surface area contributed by atoms with Crippen LogP contribution in [0.2, 0.25) is 0 Å². The molecule has 1 amide bonds. The molecule has 0 aromatic heterocycles. The van der Waals surface area contributed by atoms with Gasteiger partial charge >= 0.3 is 69.8 Å². The number of fused-ring (bicyclic) bond motifs is 5. The third-order valence-electron chi connectivity index (χ3n) is 14.0. The Morgan fingerprint density at radius 2 is 1.20 bits per heavy atom. The van der Waals surface area contributed by atoms with Crippen molar-refractivity contribution < 1.29 is 104 Å². The van der Waals surface area contributed by atoms with Gasteiger partial charge in [-0.2, -0.15) is 0 Å². The molecule has 4 rings (SSSR count). The van der Waals surface area contributed by atoms with Gasteiger partial charge < -0.3 is 41.1 Å². The van der Waals surface area contributed by atoms with Gasteiger partial charge in [-0.05, 0) is 97.7 Å². The minimum atomic E-state index is -1.23. The van der Waals surface area contributed by atoms with Crippen LogP contribution in [0.1, 0.15) is 78.6 Å². The van der Waals surface area contributed by atoms with Crippen molar-refractivity contribution in [3.8, 4) is 0 Å². The summed E-state index contributed by atoms with van der Waals surface area (Å²) < 4.78 is 0. The fourth-order valence-corrected chi connectivity index (χ4v) is 11.3. The number of rotatable bonds is 21. The maximum atomic E-state index is 13.6. The number of carboxylic acid groups (broad SMARTS) is 5. The number of nitrogens with one attached hydrogen (secondary N) is 1. The molecule has 0 aromatic carbocycles. The number of hydrogen-bond acceptors (Lipinski definition) is 11. The van der Waals surface area contributed by atoms with Crippen LogP contribution in [0.5, 0.6) is 0 Å². The van der Waals surface area contributed by atoms with Crippen molar-refractivity contribution >= 4 is 35.8 Å². The molecule has 317 valence electrons. The Kier molecular flexibility index (Phi) is 17.9. The predicted molar refractivity (Wildman–Crippen MR) is 196 cm³/mol. The summed E-state index contributed by atoms with van der Waals surface area (Å²) >= 11 is 0. The van der Waals surface area contributed by atoms with Crippen molar-refractivity contribution in [3.63, 3.8) is 0 Å². The van der Waals surface area contributed by atoms with Crippen LogP contribution in [-0.4, -0.2) is 163 Å². The Morgan fingerprint density at radius 3 is 1.70 bits per heavy atom. The van der Waals surface area contributed by atoms with Crippen LogP contribution in [-0.2, 0) is 28.8 Å². The van der Waals surface area contributed by atoms with E-state index in [4.69, 9.17) is 0 Å². The number of carbonyl (C=O) groups is 6. The second-order valence-corrected chi connectivity index (χ2v) is 17.3. The summed E-state index contributed by atoms with van der Waals surface area (Å²) in [5, 5.41) is 73.2. The summed E-state index contributed by atoms with van der Waals surface area (Å²) in [6.45, 7) is 4.21. The van der Waals surface area contributed by atoms with Gasteiger partial charge in [0, 0.05) is 38.6 Å². The normalized spacial score (nSPS) is 32.8. The molecular weight excluding hydrogens is 878 g/mol. The van der Waals surface area contributed by atoms with E-state index in [1.807, 2.05) is 0 Å². The smallest absolute Gasteiger partial charge is 0.481 e. The number of hydrogen-bond donors (Lipinski definition) is 8. The Bertz CT molecular complexity index is 1350. The molecule has 5 unspecified atom stereocenters. The average Bonchev–Trinajstić information content (AvgIpc) is 3.43. The molecular formula is C38H62GdN4O13+3. The average molecular weight is 940 g/mol. The Balaban J connectivity index is 0.00000841. The molecule has 0 heterocycles. The van der Waals surface area contributed by atoms with Crippen molar-refractivity contribution in [1.82, 2.24) is 20.0 Å². The Hall–Kier alpha value is -2.06. The molecule has 4 saturated carbocycles. The Labute approximate surface area is 360 Å². The zero-order chi connectivity index (χ0) is 40.8. The van der Waals surface area contributed by atoms with Gasteiger partial charge in [0.25, 0.3) is 0 Å². The van der Waals surface area contributed by atoms with Gasteiger partial charge in [0.2, 0.25) is 5.91 Å². The second kappa shape index (κ2) is 20.8. The van der Waals surface area contributed by atoms with Gasteiger partial charge in [0.15, 0.2) is 0 Å². The number of carbonyl (C=O) groups excluding carboxylic acids is 1. The first-order chi connectivity index (χ1) is 25.7. The molecule has 56 heavy (non-hydrogen) atoms. The summed E-state index contributed by atoms with van der Waals surface area (Å²) in [6, 6.07) is -0.202. The van der Waals surface area contributed by atoms with E-state index in [9.17, 15) is 64.5 Å². The van der Waals surface area contributed by atoms with Gasteiger partial charge in [-0.15, -0.1) is 0 Å². The minimum absolute atomic E-state index is 0. The van der Waals surface area contributed by atoms with E-state index in [-0.39, 0.29) is 132 Å². The van der Waals surface area contributed by atoms with E-state index in [0.717, 1.165) is 19.3 Å². The second-order valence-electron chi connectivity index (χ2n) is 17.3. The van der Waals surface area contributed by atoms with E-state index < -0.39 is 73.6 Å². The molecule has 11 atom stereocenters. The molecule has 4 aliphatic rings. The molecule has 17 nitrogen and oxygen atoms in total. The Morgan fingerprint density at radius 1 is 0.679 bits per heavy atom. The van der Waals surface area contributed by atoms with E-state index in [1.165, 1.54) is 9.80 Å². The van der Waals surface area contributed by atoms with Crippen LogP contribution in [0.3, 0.4) is 0 Å². The van der Waals surface area contributed by atoms with Crippen molar-refractivity contribution in [2.75, 3.05) is 58.9 Å². The SMILES string of the molecule is CC(CCC(=O)O)[C@H]1CCC2C3C(C[C@H](O)[C@@]21C)[C@@]1(C)CC[C@H](NC(=O)CN(CCN(CC(=O)O)CC(=O)O)CCN(CC(=O)O)CC(=O)O)CC1C[C@H]3O.[Gd+3]. The molecule has 4 fully saturated rings. The summed E-state index contributed by atoms with van der Waals surface area (Å²) in [5.74, 6) is -5.44. The van der Waals surface area contributed by atoms with E-state index in [0.29, 0.717) is 32.1 Å². The van der Waals surface area contributed by atoms with Crippen molar-refractivity contribution in [2.45, 2.75) is 96.8 Å². The van der Waals surface area contributed by atoms with Crippen LogP contribution in [0.25, 0.3) is 0 Å². The number of aliphatic carboxylic acids is 5. The molecule has 18 heteroatoms. The molecule has 1 radical (unpaired) electrons. The number of amides is 1. The van der Waals surface area contributed by atoms with Crippen molar-refractivity contribution in [2.24, 2.45) is 46.3 Å².